The summed E-state index contributed by atoms with van der Waals surface area (Å²) < 4.78 is 44.4. The van der Waals surface area contributed by atoms with E-state index in [-0.39, 0.29) is 5.69 Å². The molecule has 1 heterocycles. The summed E-state index contributed by atoms with van der Waals surface area (Å²) in [5, 5.41) is 8.04. The van der Waals surface area contributed by atoms with Crippen LogP contribution in [0.5, 0.6) is 0 Å². The van der Waals surface area contributed by atoms with Crippen molar-refractivity contribution in [1.82, 2.24) is 0 Å². The Hall–Kier alpha value is -1.87. The summed E-state index contributed by atoms with van der Waals surface area (Å²) >= 11 is 3.04. The molecule has 1 aromatic heterocycles. The van der Waals surface area contributed by atoms with E-state index in [9.17, 15) is 17.6 Å². The number of carboxylic acid groups (broad SMARTS) is 1. The highest BCUT2D eigenvalue weighted by Crippen LogP contribution is 2.23. The highest BCUT2D eigenvalue weighted by molar-refractivity contribution is 9.10. The summed E-state index contributed by atoms with van der Waals surface area (Å²) in [6.07, 6.45) is 0. The fourth-order valence-corrected chi connectivity index (χ4v) is 2.68. The summed E-state index contributed by atoms with van der Waals surface area (Å²) in [7, 11) is -4.20. The molecule has 2 aromatic rings. The maximum absolute atomic E-state index is 13.5. The Morgan fingerprint density at radius 1 is 1.30 bits per heavy atom. The zero-order valence-electron chi connectivity index (χ0n) is 9.63. The number of carbonyl (C=O) groups is 1. The van der Waals surface area contributed by atoms with E-state index in [2.05, 4.69) is 20.3 Å². The van der Waals surface area contributed by atoms with Gasteiger partial charge in [-0.3, -0.25) is 4.72 Å². The first-order valence-corrected chi connectivity index (χ1v) is 7.38. The average Bonchev–Trinajstić information content (AvgIpc) is 2.83. The van der Waals surface area contributed by atoms with Gasteiger partial charge in [-0.2, -0.15) is 8.42 Å². The topological polar surface area (TPSA) is 96.6 Å². The Morgan fingerprint density at radius 3 is 2.55 bits per heavy atom. The van der Waals surface area contributed by atoms with Gasteiger partial charge >= 0.3 is 5.97 Å². The van der Waals surface area contributed by atoms with E-state index in [1.54, 1.807) is 0 Å². The minimum atomic E-state index is -4.20. The number of carboxylic acids is 1. The minimum Gasteiger partial charge on any atom is -0.475 e. The molecule has 0 radical (unpaired) electrons. The Balaban J connectivity index is 2.33. The van der Waals surface area contributed by atoms with Gasteiger partial charge in [0.15, 0.2) is 0 Å². The van der Waals surface area contributed by atoms with E-state index in [0.29, 0.717) is 4.47 Å². The Bertz CT molecular complexity index is 771. The number of nitrogens with one attached hydrogen (secondary N) is 1. The molecule has 0 unspecified atom stereocenters. The molecule has 1 aromatic carbocycles. The molecular formula is C11H7BrFNO5S. The van der Waals surface area contributed by atoms with Gasteiger partial charge in [-0.25, -0.2) is 9.18 Å². The summed E-state index contributed by atoms with van der Waals surface area (Å²) in [6, 6.07) is 5.73. The van der Waals surface area contributed by atoms with Gasteiger partial charge < -0.3 is 9.52 Å². The molecule has 0 aliphatic rings. The van der Waals surface area contributed by atoms with Crippen LogP contribution in [0.25, 0.3) is 0 Å². The van der Waals surface area contributed by atoms with Crippen LogP contribution in [-0.2, 0) is 10.0 Å². The van der Waals surface area contributed by atoms with E-state index in [4.69, 9.17) is 5.11 Å². The summed E-state index contributed by atoms with van der Waals surface area (Å²) in [6.45, 7) is 0. The number of halogens is 2. The lowest BCUT2D eigenvalue weighted by molar-refractivity contribution is 0.0656. The average molecular weight is 364 g/mol. The number of hydrogen-bond acceptors (Lipinski definition) is 4. The van der Waals surface area contributed by atoms with Crippen molar-refractivity contribution in [3.8, 4) is 0 Å². The molecule has 20 heavy (non-hydrogen) atoms. The van der Waals surface area contributed by atoms with E-state index in [1.165, 1.54) is 12.1 Å². The summed E-state index contributed by atoms with van der Waals surface area (Å²) in [5.74, 6) is -2.71. The molecule has 0 fully saturated rings. The third-order valence-corrected chi connectivity index (χ3v) is 3.96. The zero-order valence-corrected chi connectivity index (χ0v) is 12.0. The van der Waals surface area contributed by atoms with Crippen molar-refractivity contribution in [3.63, 3.8) is 0 Å². The molecule has 0 atom stereocenters. The summed E-state index contributed by atoms with van der Waals surface area (Å²) in [5.41, 5.74) is -0.276. The van der Waals surface area contributed by atoms with Crippen LogP contribution in [0.15, 0.2) is 44.3 Å². The lowest BCUT2D eigenvalue weighted by Crippen LogP contribution is -2.13. The van der Waals surface area contributed by atoms with Crippen molar-refractivity contribution in [2.75, 3.05) is 4.72 Å². The van der Waals surface area contributed by atoms with Crippen molar-refractivity contribution in [2.45, 2.75) is 5.09 Å². The number of hydrogen-bond donors (Lipinski definition) is 2. The van der Waals surface area contributed by atoms with E-state index in [0.717, 1.165) is 18.2 Å². The quantitative estimate of drug-likeness (QED) is 0.870. The number of furan rings is 1. The molecule has 0 amide bonds. The van der Waals surface area contributed by atoms with Crippen LogP contribution in [0.4, 0.5) is 10.1 Å². The first-order valence-electron chi connectivity index (χ1n) is 5.10. The van der Waals surface area contributed by atoms with Gasteiger partial charge in [-0.1, -0.05) is 15.9 Å². The smallest absolute Gasteiger partial charge is 0.371 e. The van der Waals surface area contributed by atoms with Crippen LogP contribution in [-0.4, -0.2) is 19.5 Å². The van der Waals surface area contributed by atoms with Gasteiger partial charge in [-0.05, 0) is 30.3 Å². The normalized spacial score (nSPS) is 11.3. The van der Waals surface area contributed by atoms with Gasteiger partial charge in [0.2, 0.25) is 10.9 Å². The predicted octanol–water partition coefficient (Wildman–Crippen LogP) is 2.68. The fourth-order valence-electron chi connectivity index (χ4n) is 1.35. The lowest BCUT2D eigenvalue weighted by atomic mass is 10.3. The van der Waals surface area contributed by atoms with Crippen molar-refractivity contribution in [1.29, 1.82) is 0 Å². The van der Waals surface area contributed by atoms with Gasteiger partial charge in [-0.15, -0.1) is 0 Å². The molecular weight excluding hydrogens is 357 g/mol. The molecule has 0 saturated heterocycles. The first-order chi connectivity index (χ1) is 9.29. The van der Waals surface area contributed by atoms with Crippen molar-refractivity contribution >= 4 is 37.6 Å². The van der Waals surface area contributed by atoms with Crippen LogP contribution in [0.2, 0.25) is 0 Å². The molecule has 6 nitrogen and oxygen atoms in total. The van der Waals surface area contributed by atoms with Crippen molar-refractivity contribution in [2.24, 2.45) is 0 Å². The number of anilines is 1. The van der Waals surface area contributed by atoms with Crippen LogP contribution in [0.1, 0.15) is 10.6 Å². The maximum atomic E-state index is 13.5. The number of sulfonamides is 1. The third-order valence-electron chi connectivity index (χ3n) is 2.23. The van der Waals surface area contributed by atoms with E-state index >= 15 is 0 Å². The molecule has 0 spiro atoms. The number of benzene rings is 1. The minimum absolute atomic E-state index is 0.276. The monoisotopic (exact) mass is 363 g/mol. The second kappa shape index (κ2) is 5.25. The lowest BCUT2D eigenvalue weighted by Gasteiger charge is -2.06. The summed E-state index contributed by atoms with van der Waals surface area (Å²) in [4.78, 5) is 10.6. The highest BCUT2D eigenvalue weighted by Gasteiger charge is 2.22. The highest BCUT2D eigenvalue weighted by atomic mass is 79.9. The van der Waals surface area contributed by atoms with Crippen LogP contribution >= 0.6 is 15.9 Å². The second-order valence-corrected chi connectivity index (χ2v) is 6.18. The molecule has 9 heteroatoms. The van der Waals surface area contributed by atoms with E-state index < -0.39 is 32.7 Å². The SMILES string of the molecule is O=C(O)c1ccc(S(=O)(=O)Nc2ccc(Br)cc2F)o1. The number of rotatable bonds is 4. The standard InChI is InChI=1S/C11H7BrFNO5S/c12-6-1-2-8(7(13)5-6)14-20(17,18)10-4-3-9(19-10)11(15)16/h1-5,14H,(H,15,16). The number of aromatic carboxylic acids is 1. The maximum Gasteiger partial charge on any atom is 0.371 e. The zero-order chi connectivity index (χ0) is 14.9. The van der Waals surface area contributed by atoms with E-state index in [1.807, 2.05) is 4.72 Å². The van der Waals surface area contributed by atoms with Crippen molar-refractivity contribution in [3.05, 3.63) is 46.4 Å². The predicted molar refractivity (Wildman–Crippen MR) is 70.6 cm³/mol. The molecule has 106 valence electrons. The van der Waals surface area contributed by atoms with Gasteiger partial charge in [0, 0.05) is 4.47 Å². The van der Waals surface area contributed by atoms with Gasteiger partial charge in [0.25, 0.3) is 10.0 Å². The van der Waals surface area contributed by atoms with Crippen LogP contribution < -0.4 is 4.72 Å². The molecule has 0 bridgehead atoms. The third kappa shape index (κ3) is 2.99. The molecule has 0 aliphatic heterocycles. The van der Waals surface area contributed by atoms with Gasteiger partial charge in [0.05, 0.1) is 5.69 Å². The van der Waals surface area contributed by atoms with Crippen LogP contribution in [0, 0.1) is 5.82 Å². The Morgan fingerprint density at radius 2 is 2.00 bits per heavy atom. The largest absolute Gasteiger partial charge is 0.475 e. The van der Waals surface area contributed by atoms with Gasteiger partial charge in [0.1, 0.15) is 5.82 Å². The molecule has 2 rings (SSSR count). The Labute approximate surface area is 121 Å². The fraction of sp³-hybridized carbons (Fsp3) is 0. The molecule has 2 N–H and O–H groups in total. The molecule has 0 saturated carbocycles. The first kappa shape index (κ1) is 14.5. The van der Waals surface area contributed by atoms with Crippen molar-refractivity contribution < 1.29 is 27.1 Å². The second-order valence-electron chi connectivity index (χ2n) is 3.65. The van der Waals surface area contributed by atoms with Crippen LogP contribution in [0.3, 0.4) is 0 Å². The Kier molecular flexibility index (Phi) is 3.82. The molecule has 0 aliphatic carbocycles.